The lowest BCUT2D eigenvalue weighted by Gasteiger charge is -2.26. The highest BCUT2D eigenvalue weighted by molar-refractivity contribution is 8.14. The van der Waals surface area contributed by atoms with Gasteiger partial charge in [0.2, 0.25) is 5.60 Å². The van der Waals surface area contributed by atoms with E-state index in [1.807, 2.05) is 6.07 Å². The number of anilines is 1. The van der Waals surface area contributed by atoms with Crippen LogP contribution < -0.4 is 5.73 Å². The molecule has 0 unspecified atom stereocenters. The first-order valence-electron chi connectivity index (χ1n) is 13.4. The van der Waals surface area contributed by atoms with Crippen LogP contribution in [0.3, 0.4) is 0 Å². The van der Waals surface area contributed by atoms with Crippen molar-refractivity contribution in [2.45, 2.75) is 65.5 Å². The number of phosphoric acid groups is 1. The van der Waals surface area contributed by atoms with Crippen molar-refractivity contribution in [3.63, 3.8) is 0 Å². The number of nitrogens with two attached hydrogens (primary N) is 1. The van der Waals surface area contributed by atoms with Gasteiger partial charge in [0.1, 0.15) is 42.8 Å². The summed E-state index contributed by atoms with van der Waals surface area (Å²) in [5.41, 5.74) is 3.23. The maximum atomic E-state index is 13.6. The monoisotopic (exact) mass is 659 g/mol. The fourth-order valence-electron chi connectivity index (χ4n) is 3.76. The van der Waals surface area contributed by atoms with Gasteiger partial charge in [-0.05, 0) is 12.1 Å². The van der Waals surface area contributed by atoms with E-state index in [1.54, 1.807) is 53.7 Å². The standard InChI is InChI=1S/C26H38N5O9PS2/c1-24(2,3)22(34)42-11-9-37-41(36,38-10-12-43-23(35)25(4,5)6)39-14-26(13-27)20(33)18(32)19(40-26)16-7-8-17-21(28)29-15-30-31(16)17/h7-8,15,18-20,32-33H,9-12,14H2,1-6H3,(H2,28,29,30)/t18-,19-,20-,26+/m0/s1. The van der Waals surface area contributed by atoms with Crippen LogP contribution in [0.2, 0.25) is 0 Å². The summed E-state index contributed by atoms with van der Waals surface area (Å²) < 4.78 is 37.2. The van der Waals surface area contributed by atoms with Crippen molar-refractivity contribution in [1.29, 1.82) is 5.26 Å². The van der Waals surface area contributed by atoms with Crippen molar-refractivity contribution < 1.29 is 42.7 Å². The third kappa shape index (κ3) is 8.56. The molecule has 0 saturated carbocycles. The highest BCUT2D eigenvalue weighted by Crippen LogP contribution is 2.52. The van der Waals surface area contributed by atoms with Crippen LogP contribution in [0.25, 0.3) is 5.52 Å². The Morgan fingerprint density at radius 2 is 1.65 bits per heavy atom. The van der Waals surface area contributed by atoms with Crippen molar-refractivity contribution in [1.82, 2.24) is 14.6 Å². The third-order valence-electron chi connectivity index (χ3n) is 6.23. The van der Waals surface area contributed by atoms with Gasteiger partial charge in [-0.25, -0.2) is 14.1 Å². The number of nitrogens with zero attached hydrogens (tertiary/aromatic N) is 4. The number of phosphoric ester groups is 1. The molecule has 1 aliphatic heterocycles. The minimum atomic E-state index is -4.42. The summed E-state index contributed by atoms with van der Waals surface area (Å²) in [5, 5.41) is 35.7. The van der Waals surface area contributed by atoms with Gasteiger partial charge in [-0.3, -0.25) is 23.2 Å². The molecule has 17 heteroatoms. The molecule has 0 bridgehead atoms. The van der Waals surface area contributed by atoms with Gasteiger partial charge >= 0.3 is 7.82 Å². The van der Waals surface area contributed by atoms with Gasteiger partial charge in [-0.2, -0.15) is 10.4 Å². The molecule has 3 rings (SSSR count). The molecule has 0 amide bonds. The fraction of sp³-hybridized carbons (Fsp3) is 0.654. The van der Waals surface area contributed by atoms with E-state index in [2.05, 4.69) is 10.1 Å². The number of aromatic nitrogens is 3. The number of aliphatic hydroxyl groups excluding tert-OH is 2. The molecule has 0 radical (unpaired) electrons. The zero-order chi connectivity index (χ0) is 32.2. The SMILES string of the molecule is CC(C)(C)C(=O)SCCOP(=O)(OCCSC(=O)C(C)(C)C)OC[C@@]1(C#N)O[C@@H](c2ccc3c(N)ncnn23)[C@H](O)[C@@H]1O. The molecule has 1 saturated heterocycles. The topological polar surface area (TPSA) is 209 Å². The summed E-state index contributed by atoms with van der Waals surface area (Å²) in [7, 11) is -4.42. The highest BCUT2D eigenvalue weighted by atomic mass is 32.2. The van der Waals surface area contributed by atoms with E-state index in [9.17, 15) is 29.6 Å². The number of aliphatic hydroxyl groups is 2. The maximum Gasteiger partial charge on any atom is 0.474 e. The minimum Gasteiger partial charge on any atom is -0.387 e. The van der Waals surface area contributed by atoms with Crippen LogP contribution in [0, 0.1) is 22.2 Å². The van der Waals surface area contributed by atoms with Crippen molar-refractivity contribution in [3.05, 3.63) is 24.2 Å². The smallest absolute Gasteiger partial charge is 0.387 e. The molecule has 1 aliphatic rings. The molecule has 4 atom stereocenters. The second-order valence-corrected chi connectivity index (χ2v) is 15.6. The number of rotatable bonds is 12. The maximum absolute atomic E-state index is 13.6. The summed E-state index contributed by atoms with van der Waals surface area (Å²) in [6.45, 7) is 9.40. The van der Waals surface area contributed by atoms with E-state index in [0.717, 1.165) is 23.5 Å². The molecular weight excluding hydrogens is 621 g/mol. The Kier molecular flexibility index (Phi) is 11.5. The van der Waals surface area contributed by atoms with Crippen LogP contribution in [0.5, 0.6) is 0 Å². The molecule has 43 heavy (non-hydrogen) atoms. The van der Waals surface area contributed by atoms with Gasteiger partial charge < -0.3 is 20.7 Å². The molecule has 3 heterocycles. The van der Waals surface area contributed by atoms with E-state index < -0.39 is 49.2 Å². The average molecular weight is 660 g/mol. The van der Waals surface area contributed by atoms with Crippen LogP contribution in [-0.4, -0.2) is 84.2 Å². The number of carbonyl (C=O) groups is 2. The number of fused-ring (bicyclic) bond motifs is 1. The lowest BCUT2D eigenvalue weighted by atomic mass is 9.96. The molecule has 14 nitrogen and oxygen atoms in total. The lowest BCUT2D eigenvalue weighted by molar-refractivity contribution is -0.118. The van der Waals surface area contributed by atoms with Crippen LogP contribution in [0.1, 0.15) is 53.3 Å². The van der Waals surface area contributed by atoms with E-state index in [-0.39, 0.29) is 46.5 Å². The van der Waals surface area contributed by atoms with Crippen molar-refractivity contribution in [2.24, 2.45) is 10.8 Å². The summed E-state index contributed by atoms with van der Waals surface area (Å²) in [4.78, 5) is 28.4. The molecular formula is C26H38N5O9PS2. The van der Waals surface area contributed by atoms with Gasteiger partial charge in [-0.1, -0.05) is 65.1 Å². The minimum absolute atomic E-state index is 0.0965. The second-order valence-electron chi connectivity index (χ2n) is 11.8. The number of carbonyl (C=O) groups excluding carboxylic acids is 2. The summed E-state index contributed by atoms with van der Waals surface area (Å²) in [5.74, 6) is 0.448. The molecule has 0 aliphatic carbocycles. The zero-order valence-electron chi connectivity index (χ0n) is 24.9. The number of nitrogen functional groups attached to an aromatic ring is 1. The van der Waals surface area contributed by atoms with E-state index in [0.29, 0.717) is 5.52 Å². The first-order chi connectivity index (χ1) is 19.9. The van der Waals surface area contributed by atoms with Crippen molar-refractivity contribution >= 4 is 52.9 Å². The summed E-state index contributed by atoms with van der Waals surface area (Å²) in [6, 6.07) is 4.97. The van der Waals surface area contributed by atoms with Crippen LogP contribution in [0.15, 0.2) is 18.5 Å². The Morgan fingerprint density at radius 1 is 1.09 bits per heavy atom. The molecule has 0 spiro atoms. The highest BCUT2D eigenvalue weighted by Gasteiger charge is 2.57. The predicted molar refractivity (Wildman–Crippen MR) is 161 cm³/mol. The van der Waals surface area contributed by atoms with Gasteiger partial charge in [0.15, 0.2) is 16.0 Å². The Hall–Kier alpha value is -2.06. The number of nitriles is 1. The Morgan fingerprint density at radius 3 is 2.16 bits per heavy atom. The van der Waals surface area contributed by atoms with Gasteiger partial charge in [0.25, 0.3) is 0 Å². The summed E-state index contributed by atoms with van der Waals surface area (Å²) >= 11 is 1.98. The van der Waals surface area contributed by atoms with E-state index in [1.165, 1.54) is 10.8 Å². The first-order valence-corrected chi connectivity index (χ1v) is 16.8. The zero-order valence-corrected chi connectivity index (χ0v) is 27.4. The predicted octanol–water partition coefficient (Wildman–Crippen LogP) is 3.14. The van der Waals surface area contributed by atoms with Crippen molar-refractivity contribution in [3.8, 4) is 6.07 Å². The van der Waals surface area contributed by atoms with Gasteiger partial charge in [0, 0.05) is 22.3 Å². The number of ether oxygens (including phenoxy) is 1. The summed E-state index contributed by atoms with van der Waals surface area (Å²) in [6.07, 6.45) is -3.43. The van der Waals surface area contributed by atoms with Gasteiger partial charge in [-0.15, -0.1) is 0 Å². The van der Waals surface area contributed by atoms with Crippen LogP contribution in [-0.2, 0) is 32.5 Å². The normalized spacial score (nSPS) is 23.0. The van der Waals surface area contributed by atoms with E-state index >= 15 is 0 Å². The van der Waals surface area contributed by atoms with Crippen LogP contribution >= 0.6 is 31.3 Å². The quantitative estimate of drug-likeness (QED) is 0.221. The molecule has 1 fully saturated rings. The van der Waals surface area contributed by atoms with Gasteiger partial charge in [0.05, 0.1) is 18.9 Å². The average Bonchev–Trinajstić information content (AvgIpc) is 3.47. The second kappa shape index (κ2) is 13.9. The molecule has 2 aromatic heterocycles. The van der Waals surface area contributed by atoms with E-state index in [4.69, 9.17) is 24.0 Å². The Bertz CT molecular complexity index is 1370. The number of thioether (sulfide) groups is 2. The Labute approximate surface area is 258 Å². The first kappa shape index (κ1) is 35.4. The molecule has 2 aromatic rings. The lowest BCUT2D eigenvalue weighted by Crippen LogP contribution is -2.45. The molecule has 0 aromatic carbocycles. The van der Waals surface area contributed by atoms with Crippen LogP contribution in [0.4, 0.5) is 5.82 Å². The fourth-order valence-corrected chi connectivity index (χ4v) is 6.78. The number of hydrogen-bond acceptors (Lipinski definition) is 15. The third-order valence-corrected chi connectivity index (χ3v) is 10.2. The Balaban J connectivity index is 1.74. The number of hydrogen-bond donors (Lipinski definition) is 3. The van der Waals surface area contributed by atoms with Crippen molar-refractivity contribution in [2.75, 3.05) is 37.1 Å². The molecule has 4 N–H and O–H groups in total. The largest absolute Gasteiger partial charge is 0.474 e. The molecule has 238 valence electrons.